The second-order valence-corrected chi connectivity index (χ2v) is 16.7. The van der Waals surface area contributed by atoms with Crippen LogP contribution in [0.4, 0.5) is 34.1 Å². The number of anilines is 6. The highest BCUT2D eigenvalue weighted by atomic mass is 32.1. The van der Waals surface area contributed by atoms with E-state index in [1.54, 1.807) is 0 Å². The Morgan fingerprint density at radius 1 is 0.455 bits per heavy atom. The molecule has 0 amide bonds. The number of thiophene rings is 1. The van der Waals surface area contributed by atoms with E-state index in [1.807, 2.05) is 11.3 Å². The molecule has 9 aromatic rings. The molecule has 3 heterocycles. The van der Waals surface area contributed by atoms with Gasteiger partial charge in [-0.15, -0.1) is 11.3 Å². The van der Waals surface area contributed by atoms with Crippen molar-refractivity contribution in [3.05, 3.63) is 187 Å². The summed E-state index contributed by atoms with van der Waals surface area (Å²) in [4.78, 5) is 5.02. The second kappa shape index (κ2) is 11.3. The Kier molecular flexibility index (Phi) is 6.40. The lowest BCUT2D eigenvalue weighted by atomic mass is 9.33. The van der Waals surface area contributed by atoms with Crippen molar-refractivity contribution in [2.45, 2.75) is 19.3 Å². The van der Waals surface area contributed by atoms with Gasteiger partial charge in [0.25, 0.3) is 6.71 Å². The molecule has 0 saturated heterocycles. The molecule has 12 rings (SSSR count). The average Bonchev–Trinajstić information content (AvgIpc) is 3.73. The summed E-state index contributed by atoms with van der Waals surface area (Å²) >= 11 is 1.89. The predicted octanol–water partition coefficient (Wildman–Crippen LogP) is 12.1. The van der Waals surface area contributed by atoms with Crippen LogP contribution in [0.2, 0.25) is 0 Å². The van der Waals surface area contributed by atoms with Crippen LogP contribution in [0, 0.1) is 0 Å². The van der Waals surface area contributed by atoms with Gasteiger partial charge in [0, 0.05) is 49.3 Å². The standard InChI is InChI=1S/C51H35BN2S/c1-51(2)39-16-5-3-13-35(39)36-30-27-33(31-40(36)51)32-25-28-34(29-26-32)53-43-19-8-6-17-41(43)52-42-18-7-9-20-44(42)54(46-22-12-21-45(53)49(46)52)47-23-11-15-38-37-14-4-10-24-48(37)55-50(38)47/h3-31H,1-2H3. The zero-order chi connectivity index (χ0) is 36.4. The normalized spacial score (nSPS) is 14.4. The Morgan fingerprint density at radius 2 is 1.04 bits per heavy atom. The molecule has 2 aliphatic heterocycles. The minimum atomic E-state index is -0.0304. The molecule has 0 radical (unpaired) electrons. The van der Waals surface area contributed by atoms with Crippen LogP contribution in [0.25, 0.3) is 42.4 Å². The minimum absolute atomic E-state index is 0.0304. The predicted molar refractivity (Wildman–Crippen MR) is 236 cm³/mol. The Balaban J connectivity index is 1.02. The summed E-state index contributed by atoms with van der Waals surface area (Å²) in [6, 6.07) is 65.7. The molecule has 3 aliphatic rings. The summed E-state index contributed by atoms with van der Waals surface area (Å²) in [7, 11) is 0. The number of hydrogen-bond donors (Lipinski definition) is 0. The van der Waals surface area contributed by atoms with E-state index in [-0.39, 0.29) is 12.1 Å². The number of para-hydroxylation sites is 2. The van der Waals surface area contributed by atoms with Crippen LogP contribution in [0.1, 0.15) is 25.0 Å². The first kappa shape index (κ1) is 31.0. The maximum Gasteiger partial charge on any atom is 0.252 e. The van der Waals surface area contributed by atoms with Gasteiger partial charge >= 0.3 is 0 Å². The highest BCUT2D eigenvalue weighted by molar-refractivity contribution is 7.26. The number of nitrogens with zero attached hydrogens (tertiary/aromatic N) is 2. The third-order valence-electron chi connectivity index (χ3n) is 12.5. The van der Waals surface area contributed by atoms with E-state index < -0.39 is 0 Å². The van der Waals surface area contributed by atoms with E-state index in [9.17, 15) is 0 Å². The molecule has 8 aromatic carbocycles. The van der Waals surface area contributed by atoms with Gasteiger partial charge in [-0.2, -0.15) is 0 Å². The molecule has 1 aliphatic carbocycles. The van der Waals surface area contributed by atoms with Crippen LogP contribution in [0.3, 0.4) is 0 Å². The lowest BCUT2D eigenvalue weighted by Gasteiger charge is -2.44. The monoisotopic (exact) mass is 718 g/mol. The SMILES string of the molecule is CC1(C)c2ccccc2-c2ccc(-c3ccc(N4c5ccccc5B5c6ccccc6N(c6cccc7c6sc6ccccc67)c6cccc4c65)cc3)cc21. The topological polar surface area (TPSA) is 6.48 Å². The molecule has 258 valence electrons. The van der Waals surface area contributed by atoms with Crippen LogP contribution < -0.4 is 26.2 Å². The minimum Gasteiger partial charge on any atom is -0.311 e. The largest absolute Gasteiger partial charge is 0.311 e. The number of fused-ring (bicyclic) bond motifs is 10. The molecule has 2 nitrogen and oxygen atoms in total. The summed E-state index contributed by atoms with van der Waals surface area (Å²) < 4.78 is 2.64. The molecule has 0 N–H and O–H groups in total. The number of hydrogen-bond acceptors (Lipinski definition) is 3. The van der Waals surface area contributed by atoms with Crippen molar-refractivity contribution >= 4 is 88.7 Å². The average molecular weight is 719 g/mol. The fraction of sp³-hybridized carbons (Fsp3) is 0.0588. The maximum atomic E-state index is 2.53. The van der Waals surface area contributed by atoms with E-state index in [0.29, 0.717) is 0 Å². The van der Waals surface area contributed by atoms with Gasteiger partial charge < -0.3 is 9.80 Å². The highest BCUT2D eigenvalue weighted by Crippen LogP contribution is 2.51. The molecule has 1 aromatic heterocycles. The molecule has 0 atom stereocenters. The number of rotatable bonds is 3. The summed E-state index contributed by atoms with van der Waals surface area (Å²) in [6.45, 7) is 4.83. The van der Waals surface area contributed by atoms with Crippen LogP contribution in [-0.4, -0.2) is 6.71 Å². The van der Waals surface area contributed by atoms with Gasteiger partial charge in [0.15, 0.2) is 0 Å². The quantitative estimate of drug-likeness (QED) is 0.168. The summed E-state index contributed by atoms with van der Waals surface area (Å²) in [5.74, 6) is 0. The molecule has 55 heavy (non-hydrogen) atoms. The first-order valence-corrected chi connectivity index (χ1v) is 20.0. The number of benzene rings is 8. The Hall–Kier alpha value is -6.36. The maximum absolute atomic E-state index is 2.53. The summed E-state index contributed by atoms with van der Waals surface area (Å²) in [5.41, 5.74) is 19.3. The second-order valence-electron chi connectivity index (χ2n) is 15.7. The molecule has 0 fully saturated rings. The van der Waals surface area contributed by atoms with Crippen molar-refractivity contribution in [2.24, 2.45) is 0 Å². The Morgan fingerprint density at radius 3 is 1.85 bits per heavy atom. The van der Waals surface area contributed by atoms with E-state index in [4.69, 9.17) is 0 Å². The van der Waals surface area contributed by atoms with Crippen LogP contribution in [0.15, 0.2) is 176 Å². The van der Waals surface area contributed by atoms with Crippen molar-refractivity contribution in [1.29, 1.82) is 0 Å². The van der Waals surface area contributed by atoms with Crippen LogP contribution >= 0.6 is 11.3 Å². The molecular formula is C51H35BN2S. The van der Waals surface area contributed by atoms with E-state index in [2.05, 4.69) is 200 Å². The zero-order valence-electron chi connectivity index (χ0n) is 30.6. The lowest BCUT2D eigenvalue weighted by molar-refractivity contribution is 0.660. The Bertz CT molecular complexity index is 3050. The van der Waals surface area contributed by atoms with E-state index in [1.165, 1.54) is 98.4 Å². The van der Waals surface area contributed by atoms with Crippen molar-refractivity contribution < 1.29 is 0 Å². The fourth-order valence-corrected chi connectivity index (χ4v) is 11.2. The van der Waals surface area contributed by atoms with E-state index in [0.717, 1.165) is 5.69 Å². The Labute approximate surface area is 325 Å². The van der Waals surface area contributed by atoms with Gasteiger partial charge in [-0.25, -0.2) is 0 Å². The molecule has 0 unspecified atom stereocenters. The molecule has 0 bridgehead atoms. The molecular weight excluding hydrogens is 683 g/mol. The van der Waals surface area contributed by atoms with Gasteiger partial charge in [0.1, 0.15) is 0 Å². The fourth-order valence-electron chi connectivity index (χ4n) is 9.97. The lowest BCUT2D eigenvalue weighted by Crippen LogP contribution is -2.61. The molecule has 4 heteroatoms. The third kappa shape index (κ3) is 4.26. The molecule has 0 spiro atoms. The smallest absolute Gasteiger partial charge is 0.252 e. The summed E-state index contributed by atoms with van der Waals surface area (Å²) in [5, 5.41) is 2.63. The van der Waals surface area contributed by atoms with Gasteiger partial charge in [-0.05, 0) is 104 Å². The zero-order valence-corrected chi connectivity index (χ0v) is 31.4. The van der Waals surface area contributed by atoms with Gasteiger partial charge in [0.2, 0.25) is 0 Å². The highest BCUT2D eigenvalue weighted by Gasteiger charge is 2.43. The van der Waals surface area contributed by atoms with Gasteiger partial charge in [-0.3, -0.25) is 0 Å². The van der Waals surface area contributed by atoms with Gasteiger partial charge in [0.05, 0.1) is 10.4 Å². The first-order chi connectivity index (χ1) is 27.1. The van der Waals surface area contributed by atoms with Crippen LogP contribution in [-0.2, 0) is 5.41 Å². The van der Waals surface area contributed by atoms with Crippen molar-refractivity contribution in [1.82, 2.24) is 0 Å². The van der Waals surface area contributed by atoms with Crippen LogP contribution in [0.5, 0.6) is 0 Å². The van der Waals surface area contributed by atoms with Crippen molar-refractivity contribution in [2.75, 3.05) is 9.80 Å². The van der Waals surface area contributed by atoms with Crippen molar-refractivity contribution in [3.63, 3.8) is 0 Å². The molecule has 0 saturated carbocycles. The van der Waals surface area contributed by atoms with Gasteiger partial charge in [-0.1, -0.05) is 135 Å². The summed E-state index contributed by atoms with van der Waals surface area (Å²) in [6.07, 6.45) is 0. The van der Waals surface area contributed by atoms with E-state index >= 15 is 0 Å². The third-order valence-corrected chi connectivity index (χ3v) is 13.7. The first-order valence-electron chi connectivity index (χ1n) is 19.2. The van der Waals surface area contributed by atoms with Crippen molar-refractivity contribution in [3.8, 4) is 22.3 Å².